The predicted octanol–water partition coefficient (Wildman–Crippen LogP) is 0.540. The number of hydrogen-bond acceptors (Lipinski definition) is 2. The average molecular weight is 125 g/mol. The van der Waals surface area contributed by atoms with E-state index in [9.17, 15) is 5.11 Å². The standard InChI is InChI=1S/C7H11NO/c1-7(9)4-2-3-6(8)5-7/h2-4,9H,5,8H2,1H3. The first-order valence-corrected chi connectivity index (χ1v) is 2.96. The van der Waals surface area contributed by atoms with Crippen LogP contribution in [0.4, 0.5) is 0 Å². The van der Waals surface area contributed by atoms with Crippen LogP contribution < -0.4 is 5.73 Å². The smallest absolute Gasteiger partial charge is 0.0856 e. The van der Waals surface area contributed by atoms with Crippen LogP contribution >= 0.6 is 0 Å². The van der Waals surface area contributed by atoms with Crippen LogP contribution in [0, 0.1) is 0 Å². The summed E-state index contributed by atoms with van der Waals surface area (Å²) in [7, 11) is 0. The minimum Gasteiger partial charge on any atom is -0.402 e. The van der Waals surface area contributed by atoms with Gasteiger partial charge in [0.2, 0.25) is 0 Å². The van der Waals surface area contributed by atoms with Gasteiger partial charge in [0.15, 0.2) is 0 Å². The highest BCUT2D eigenvalue weighted by Gasteiger charge is 2.18. The van der Waals surface area contributed by atoms with E-state index in [1.807, 2.05) is 0 Å². The quantitative estimate of drug-likeness (QED) is 0.496. The van der Waals surface area contributed by atoms with Gasteiger partial charge in [-0.25, -0.2) is 0 Å². The van der Waals surface area contributed by atoms with Gasteiger partial charge < -0.3 is 10.8 Å². The van der Waals surface area contributed by atoms with E-state index in [1.165, 1.54) is 0 Å². The fourth-order valence-electron chi connectivity index (χ4n) is 0.910. The molecule has 0 fully saturated rings. The molecule has 1 unspecified atom stereocenters. The molecule has 2 nitrogen and oxygen atoms in total. The Labute approximate surface area is 54.7 Å². The number of rotatable bonds is 0. The van der Waals surface area contributed by atoms with Crippen molar-refractivity contribution >= 4 is 0 Å². The van der Waals surface area contributed by atoms with E-state index in [0.717, 1.165) is 5.70 Å². The van der Waals surface area contributed by atoms with Crippen LogP contribution in [0.2, 0.25) is 0 Å². The van der Waals surface area contributed by atoms with Gasteiger partial charge in [0, 0.05) is 12.1 Å². The Hall–Kier alpha value is -0.760. The summed E-state index contributed by atoms with van der Waals surface area (Å²) in [4.78, 5) is 0. The third-order valence-electron chi connectivity index (χ3n) is 1.33. The van der Waals surface area contributed by atoms with Gasteiger partial charge in [-0.1, -0.05) is 12.2 Å². The predicted molar refractivity (Wildman–Crippen MR) is 36.7 cm³/mol. The average Bonchev–Trinajstić information content (AvgIpc) is 1.60. The van der Waals surface area contributed by atoms with Crippen LogP contribution in [0.5, 0.6) is 0 Å². The van der Waals surface area contributed by atoms with Gasteiger partial charge in [-0.15, -0.1) is 0 Å². The molecule has 0 aromatic carbocycles. The third kappa shape index (κ3) is 1.57. The molecule has 0 bridgehead atoms. The molecule has 0 amide bonds. The lowest BCUT2D eigenvalue weighted by Crippen LogP contribution is -2.25. The van der Waals surface area contributed by atoms with Gasteiger partial charge in [-0.3, -0.25) is 0 Å². The van der Waals surface area contributed by atoms with Crippen molar-refractivity contribution in [3.63, 3.8) is 0 Å². The second kappa shape index (κ2) is 1.88. The molecule has 2 heteroatoms. The maximum absolute atomic E-state index is 9.34. The van der Waals surface area contributed by atoms with Crippen LogP contribution in [0.15, 0.2) is 23.9 Å². The fraction of sp³-hybridized carbons (Fsp3) is 0.429. The van der Waals surface area contributed by atoms with Crippen LogP contribution in [0.1, 0.15) is 13.3 Å². The summed E-state index contributed by atoms with van der Waals surface area (Å²) in [5.74, 6) is 0. The Morgan fingerprint density at radius 1 is 1.78 bits per heavy atom. The monoisotopic (exact) mass is 125 g/mol. The molecule has 0 radical (unpaired) electrons. The molecule has 1 aliphatic carbocycles. The molecule has 0 saturated carbocycles. The Bertz CT molecular complexity index is 168. The Morgan fingerprint density at radius 3 is 2.78 bits per heavy atom. The molecule has 0 saturated heterocycles. The molecule has 0 aromatic heterocycles. The molecule has 3 N–H and O–H groups in total. The van der Waals surface area contributed by atoms with E-state index in [-0.39, 0.29) is 0 Å². The van der Waals surface area contributed by atoms with Crippen molar-refractivity contribution in [1.29, 1.82) is 0 Å². The highest BCUT2D eigenvalue weighted by atomic mass is 16.3. The lowest BCUT2D eigenvalue weighted by atomic mass is 9.96. The summed E-state index contributed by atoms with van der Waals surface area (Å²) in [6, 6.07) is 0. The first-order valence-electron chi connectivity index (χ1n) is 2.96. The van der Waals surface area contributed by atoms with Gasteiger partial charge in [-0.05, 0) is 13.0 Å². The zero-order valence-electron chi connectivity index (χ0n) is 5.46. The van der Waals surface area contributed by atoms with Gasteiger partial charge in [0.25, 0.3) is 0 Å². The van der Waals surface area contributed by atoms with Crippen molar-refractivity contribution in [2.75, 3.05) is 0 Å². The molecule has 1 atom stereocenters. The normalized spacial score (nSPS) is 34.2. The van der Waals surface area contributed by atoms with E-state index >= 15 is 0 Å². The molecule has 1 rings (SSSR count). The maximum Gasteiger partial charge on any atom is 0.0856 e. The molecule has 9 heavy (non-hydrogen) atoms. The summed E-state index contributed by atoms with van der Waals surface area (Å²) >= 11 is 0. The Morgan fingerprint density at radius 2 is 2.44 bits per heavy atom. The number of aliphatic hydroxyl groups is 1. The first-order chi connectivity index (χ1) is 4.10. The molecular formula is C7H11NO. The SMILES string of the molecule is CC1(O)C=CC=C(N)C1. The van der Waals surface area contributed by atoms with Crippen molar-refractivity contribution in [1.82, 2.24) is 0 Å². The van der Waals surface area contributed by atoms with E-state index in [4.69, 9.17) is 5.73 Å². The fourth-order valence-corrected chi connectivity index (χ4v) is 0.910. The van der Waals surface area contributed by atoms with Crippen molar-refractivity contribution < 1.29 is 5.11 Å². The largest absolute Gasteiger partial charge is 0.402 e. The van der Waals surface area contributed by atoms with E-state index < -0.39 is 5.60 Å². The van der Waals surface area contributed by atoms with Crippen LogP contribution in [0.25, 0.3) is 0 Å². The molecule has 0 aromatic rings. The van der Waals surface area contributed by atoms with E-state index in [1.54, 1.807) is 25.2 Å². The highest BCUT2D eigenvalue weighted by Crippen LogP contribution is 2.18. The summed E-state index contributed by atoms with van der Waals surface area (Å²) in [5.41, 5.74) is 5.48. The summed E-state index contributed by atoms with van der Waals surface area (Å²) in [6.45, 7) is 1.74. The third-order valence-corrected chi connectivity index (χ3v) is 1.33. The zero-order chi connectivity index (χ0) is 6.91. The van der Waals surface area contributed by atoms with Crippen LogP contribution in [-0.4, -0.2) is 10.7 Å². The van der Waals surface area contributed by atoms with Gasteiger partial charge in [0.1, 0.15) is 0 Å². The molecule has 50 valence electrons. The molecular weight excluding hydrogens is 114 g/mol. The Balaban J connectivity index is 2.73. The highest BCUT2D eigenvalue weighted by molar-refractivity contribution is 5.21. The minimum atomic E-state index is -0.723. The van der Waals surface area contributed by atoms with Gasteiger partial charge >= 0.3 is 0 Å². The summed E-state index contributed by atoms with van der Waals surface area (Å²) < 4.78 is 0. The summed E-state index contributed by atoms with van der Waals surface area (Å²) in [6.07, 6.45) is 5.86. The van der Waals surface area contributed by atoms with Crippen LogP contribution in [-0.2, 0) is 0 Å². The lowest BCUT2D eigenvalue weighted by molar-refractivity contribution is 0.110. The van der Waals surface area contributed by atoms with Crippen molar-refractivity contribution in [2.24, 2.45) is 5.73 Å². The van der Waals surface area contributed by atoms with Gasteiger partial charge in [0.05, 0.1) is 5.60 Å². The first kappa shape index (κ1) is 6.36. The second-order valence-electron chi connectivity index (χ2n) is 2.63. The van der Waals surface area contributed by atoms with E-state index in [0.29, 0.717) is 6.42 Å². The molecule has 0 aliphatic heterocycles. The lowest BCUT2D eigenvalue weighted by Gasteiger charge is -2.21. The van der Waals surface area contributed by atoms with Crippen molar-refractivity contribution in [3.05, 3.63) is 23.9 Å². The molecule has 0 spiro atoms. The van der Waals surface area contributed by atoms with Crippen LogP contribution in [0.3, 0.4) is 0 Å². The molecule has 0 heterocycles. The van der Waals surface area contributed by atoms with Crippen molar-refractivity contribution in [3.8, 4) is 0 Å². The number of nitrogens with two attached hydrogens (primary N) is 1. The van der Waals surface area contributed by atoms with Gasteiger partial charge in [-0.2, -0.15) is 0 Å². The summed E-state index contributed by atoms with van der Waals surface area (Å²) in [5, 5.41) is 9.34. The maximum atomic E-state index is 9.34. The Kier molecular flexibility index (Phi) is 1.33. The van der Waals surface area contributed by atoms with Crippen molar-refractivity contribution in [2.45, 2.75) is 18.9 Å². The molecule has 1 aliphatic rings. The number of hydrogen-bond donors (Lipinski definition) is 2. The number of allylic oxidation sites excluding steroid dienone is 2. The minimum absolute atomic E-state index is 0.545. The van der Waals surface area contributed by atoms with E-state index in [2.05, 4.69) is 0 Å². The zero-order valence-corrected chi connectivity index (χ0v) is 5.46. The topological polar surface area (TPSA) is 46.2 Å². The second-order valence-corrected chi connectivity index (χ2v) is 2.63.